The van der Waals surface area contributed by atoms with Crippen molar-refractivity contribution in [3.63, 3.8) is 0 Å². The zero-order valence-electron chi connectivity index (χ0n) is 14.1. The maximum absolute atomic E-state index is 13.5. The fourth-order valence-electron chi connectivity index (χ4n) is 2.28. The van der Waals surface area contributed by atoms with Crippen molar-refractivity contribution in [2.75, 3.05) is 6.54 Å². The first-order valence-electron chi connectivity index (χ1n) is 8.09. The Morgan fingerprint density at radius 1 is 1.26 bits per heavy atom. The minimum Gasteiger partial charge on any atom is -0.468 e. The Hall–Kier alpha value is -2.94. The predicted molar refractivity (Wildman–Crippen MR) is 93.4 cm³/mol. The second-order valence-electron chi connectivity index (χ2n) is 5.62. The summed E-state index contributed by atoms with van der Waals surface area (Å²) in [5.74, 6) is -1.93. The van der Waals surface area contributed by atoms with Crippen LogP contribution in [-0.2, 0) is 13.3 Å². The summed E-state index contributed by atoms with van der Waals surface area (Å²) in [5, 5.41) is 11.4. The largest absolute Gasteiger partial charge is 0.468 e. The topological polar surface area (TPSA) is 74.0 Å². The lowest BCUT2D eigenvalue weighted by Crippen LogP contribution is -2.26. The Morgan fingerprint density at radius 3 is 2.85 bits per heavy atom. The highest BCUT2D eigenvalue weighted by Crippen LogP contribution is 2.17. The van der Waals surface area contributed by atoms with E-state index in [9.17, 15) is 13.6 Å². The number of rotatable bonds is 8. The Bertz CT molecular complexity index is 928. The summed E-state index contributed by atoms with van der Waals surface area (Å²) in [6, 6.07) is 4.54. The molecule has 1 aromatic carbocycles. The third-order valence-corrected chi connectivity index (χ3v) is 3.77. The van der Waals surface area contributed by atoms with E-state index >= 15 is 0 Å². The molecule has 0 saturated carbocycles. The van der Waals surface area contributed by atoms with E-state index in [4.69, 9.17) is 16.3 Å². The number of carbonyl (C=O) groups excluding carboxylic acids is 1. The maximum Gasteiger partial charge on any atom is 0.271 e. The van der Waals surface area contributed by atoms with E-state index in [1.165, 1.54) is 23.0 Å². The summed E-state index contributed by atoms with van der Waals surface area (Å²) in [6.45, 7) is 0.953. The number of ether oxygens (including phenoxy) is 1. The van der Waals surface area contributed by atoms with E-state index in [1.54, 1.807) is 17.1 Å². The average molecular weight is 396 g/mol. The SMILES string of the molecule is O=C(NCCCn1cc(Cl)cn1)c1ccn(COc2ccc(F)cc2F)n1. The summed E-state index contributed by atoms with van der Waals surface area (Å²) in [6.07, 6.45) is 5.46. The van der Waals surface area contributed by atoms with E-state index < -0.39 is 11.6 Å². The number of nitrogens with one attached hydrogen (secondary N) is 1. The Balaban J connectivity index is 1.44. The quantitative estimate of drug-likeness (QED) is 0.595. The van der Waals surface area contributed by atoms with Crippen LogP contribution in [0.2, 0.25) is 5.02 Å². The van der Waals surface area contributed by atoms with E-state index in [0.717, 1.165) is 12.1 Å². The molecular weight excluding hydrogens is 380 g/mol. The van der Waals surface area contributed by atoms with Gasteiger partial charge in [0.05, 0.1) is 11.2 Å². The van der Waals surface area contributed by atoms with Crippen LogP contribution in [0.1, 0.15) is 16.9 Å². The molecule has 0 aliphatic rings. The molecule has 0 atom stereocenters. The van der Waals surface area contributed by atoms with Crippen LogP contribution in [0, 0.1) is 11.6 Å². The van der Waals surface area contributed by atoms with Gasteiger partial charge in [0.2, 0.25) is 0 Å². The van der Waals surface area contributed by atoms with Gasteiger partial charge >= 0.3 is 0 Å². The Labute approximate surface area is 158 Å². The smallest absolute Gasteiger partial charge is 0.271 e. The van der Waals surface area contributed by atoms with Crippen molar-refractivity contribution in [2.45, 2.75) is 19.7 Å². The lowest BCUT2D eigenvalue weighted by molar-refractivity contribution is 0.0945. The van der Waals surface area contributed by atoms with Crippen LogP contribution in [0.4, 0.5) is 8.78 Å². The van der Waals surface area contributed by atoms with Gasteiger partial charge in [0.25, 0.3) is 5.91 Å². The van der Waals surface area contributed by atoms with E-state index in [-0.39, 0.29) is 24.1 Å². The van der Waals surface area contributed by atoms with Gasteiger partial charge in [-0.1, -0.05) is 11.6 Å². The third-order valence-electron chi connectivity index (χ3n) is 3.57. The molecule has 0 unspecified atom stereocenters. The molecule has 0 saturated heterocycles. The molecule has 27 heavy (non-hydrogen) atoms. The van der Waals surface area contributed by atoms with Gasteiger partial charge in [0.1, 0.15) is 11.5 Å². The van der Waals surface area contributed by atoms with Crippen LogP contribution < -0.4 is 10.1 Å². The molecule has 7 nitrogen and oxygen atoms in total. The number of amides is 1. The monoisotopic (exact) mass is 395 g/mol. The van der Waals surface area contributed by atoms with Crippen molar-refractivity contribution in [1.82, 2.24) is 24.9 Å². The van der Waals surface area contributed by atoms with E-state index in [0.29, 0.717) is 24.5 Å². The van der Waals surface area contributed by atoms with Gasteiger partial charge in [-0.3, -0.25) is 9.48 Å². The molecule has 0 aliphatic heterocycles. The molecule has 0 aliphatic carbocycles. The molecule has 2 aromatic heterocycles. The number of halogens is 3. The van der Waals surface area contributed by atoms with Crippen molar-refractivity contribution in [3.05, 3.63) is 65.2 Å². The number of carbonyl (C=O) groups is 1. The van der Waals surface area contributed by atoms with Gasteiger partial charge in [-0.05, 0) is 24.6 Å². The highest BCUT2D eigenvalue weighted by atomic mass is 35.5. The standard InChI is InChI=1S/C17H16ClF2N5O2/c18-12-9-22-24(10-12)6-1-5-21-17(26)15-4-7-25(23-15)11-27-16-3-2-13(19)8-14(16)20/h2-4,7-10H,1,5-6,11H2,(H,21,26). The number of aryl methyl sites for hydroxylation is 1. The van der Waals surface area contributed by atoms with Gasteiger partial charge in [0.15, 0.2) is 18.3 Å². The molecular formula is C17H16ClF2N5O2. The molecule has 1 amide bonds. The van der Waals surface area contributed by atoms with Crippen LogP contribution in [0.3, 0.4) is 0 Å². The summed E-state index contributed by atoms with van der Waals surface area (Å²) in [7, 11) is 0. The van der Waals surface area contributed by atoms with Crippen LogP contribution >= 0.6 is 11.6 Å². The molecule has 142 valence electrons. The lowest BCUT2D eigenvalue weighted by atomic mass is 10.3. The van der Waals surface area contributed by atoms with Crippen molar-refractivity contribution in [1.29, 1.82) is 0 Å². The van der Waals surface area contributed by atoms with Crippen molar-refractivity contribution in [3.8, 4) is 5.75 Å². The molecule has 0 spiro atoms. The third kappa shape index (κ3) is 5.27. The molecule has 0 bridgehead atoms. The van der Waals surface area contributed by atoms with Crippen LogP contribution in [0.15, 0.2) is 42.9 Å². The van der Waals surface area contributed by atoms with Gasteiger partial charge in [-0.15, -0.1) is 0 Å². The van der Waals surface area contributed by atoms with Gasteiger partial charge in [0, 0.05) is 31.5 Å². The summed E-state index contributed by atoms with van der Waals surface area (Å²) in [4.78, 5) is 12.1. The fraction of sp³-hybridized carbons (Fsp3) is 0.235. The van der Waals surface area contributed by atoms with Crippen molar-refractivity contribution >= 4 is 17.5 Å². The minimum absolute atomic E-state index is 0.100. The van der Waals surface area contributed by atoms with Gasteiger partial charge < -0.3 is 10.1 Å². The number of hydrogen-bond acceptors (Lipinski definition) is 4. The number of hydrogen-bond donors (Lipinski definition) is 1. The molecule has 3 rings (SSSR count). The minimum atomic E-state index is -0.807. The first kappa shape index (κ1) is 18.8. The zero-order valence-corrected chi connectivity index (χ0v) is 14.9. The zero-order chi connectivity index (χ0) is 19.2. The van der Waals surface area contributed by atoms with Crippen LogP contribution in [-0.4, -0.2) is 32.0 Å². The molecule has 2 heterocycles. The number of nitrogens with zero attached hydrogens (tertiary/aromatic N) is 4. The number of aromatic nitrogens is 4. The second-order valence-corrected chi connectivity index (χ2v) is 6.06. The van der Waals surface area contributed by atoms with Crippen molar-refractivity contribution < 1.29 is 18.3 Å². The lowest BCUT2D eigenvalue weighted by Gasteiger charge is -2.07. The van der Waals surface area contributed by atoms with Crippen LogP contribution in [0.25, 0.3) is 0 Å². The molecule has 1 N–H and O–H groups in total. The number of benzene rings is 1. The summed E-state index contributed by atoms with van der Waals surface area (Å²) in [5.41, 5.74) is 0.209. The summed E-state index contributed by atoms with van der Waals surface area (Å²) >= 11 is 5.78. The van der Waals surface area contributed by atoms with Gasteiger partial charge in [-0.2, -0.15) is 10.2 Å². The summed E-state index contributed by atoms with van der Waals surface area (Å²) < 4.78 is 34.6. The normalized spacial score (nSPS) is 10.8. The van der Waals surface area contributed by atoms with Gasteiger partial charge in [-0.25, -0.2) is 13.5 Å². The molecule has 10 heteroatoms. The first-order valence-corrected chi connectivity index (χ1v) is 8.46. The van der Waals surface area contributed by atoms with Crippen LogP contribution in [0.5, 0.6) is 5.75 Å². The molecule has 3 aromatic rings. The second kappa shape index (κ2) is 8.63. The predicted octanol–water partition coefficient (Wildman–Crippen LogP) is 2.87. The Kier molecular flexibility index (Phi) is 6.02. The highest BCUT2D eigenvalue weighted by Gasteiger charge is 2.10. The van der Waals surface area contributed by atoms with E-state index in [1.807, 2.05) is 0 Å². The Morgan fingerprint density at radius 2 is 2.11 bits per heavy atom. The maximum atomic E-state index is 13.5. The molecule has 0 radical (unpaired) electrons. The van der Waals surface area contributed by atoms with E-state index in [2.05, 4.69) is 15.5 Å². The molecule has 0 fully saturated rings. The highest BCUT2D eigenvalue weighted by molar-refractivity contribution is 6.30. The van der Waals surface area contributed by atoms with Crippen molar-refractivity contribution in [2.24, 2.45) is 0 Å². The first-order chi connectivity index (χ1) is 13.0. The average Bonchev–Trinajstić information content (AvgIpc) is 3.27. The fourth-order valence-corrected chi connectivity index (χ4v) is 2.43.